The zero-order valence-electron chi connectivity index (χ0n) is 12.3. The van der Waals surface area contributed by atoms with E-state index in [9.17, 15) is 8.42 Å². The maximum Gasteiger partial charge on any atom is 0.353 e. The Hall–Kier alpha value is -1.39. The van der Waals surface area contributed by atoms with Crippen molar-refractivity contribution >= 4 is 30.1 Å². The molecule has 128 valence electrons. The molecule has 2 rings (SSSR count). The quantitative estimate of drug-likeness (QED) is 0.624. The Morgan fingerprint density at radius 3 is 1.87 bits per heavy atom. The zero-order chi connectivity index (χ0) is 17.8. The molecule has 0 aliphatic rings. The van der Waals surface area contributed by atoms with Crippen LogP contribution in [-0.2, 0) is 19.4 Å². The Kier molecular flexibility index (Phi) is 6.37. The predicted molar refractivity (Wildman–Crippen MR) is 87.1 cm³/mol. The number of rotatable bonds is 3. The minimum Gasteiger partial charge on any atom is -0.306 e. The fourth-order valence-corrected chi connectivity index (χ4v) is 2.47. The first-order chi connectivity index (χ1) is 10.4. The Bertz CT molecular complexity index is 846. The second-order valence-electron chi connectivity index (χ2n) is 4.85. The molecule has 2 N–H and O–H groups in total. The van der Waals surface area contributed by atoms with Gasteiger partial charge in [-0.05, 0) is 35.7 Å². The molecule has 1 aromatic heterocycles. The molecule has 0 aliphatic carbocycles. The van der Waals surface area contributed by atoms with Crippen molar-refractivity contribution in [2.24, 2.45) is 0 Å². The third-order valence-corrected chi connectivity index (χ3v) is 3.67. The highest BCUT2D eigenvalue weighted by molar-refractivity contribution is 8.09. The van der Waals surface area contributed by atoms with E-state index in [2.05, 4.69) is 24.5 Å². The standard InChI is InChI=1S/C13H15NO3S.ClHO3S/c1-10(2)11-5-7-12(8-6-11)14-9-3-4-13(14)18(15,16)17;1-5(2,3)4/h3-10H,1-2H3,(H,15,16,17);(H,2,3,4). The van der Waals surface area contributed by atoms with Crippen molar-refractivity contribution in [2.45, 2.75) is 24.8 Å². The van der Waals surface area contributed by atoms with Crippen LogP contribution in [0.15, 0.2) is 47.6 Å². The summed E-state index contributed by atoms with van der Waals surface area (Å²) in [5.74, 6) is 0.421. The average Bonchev–Trinajstić information content (AvgIpc) is 2.85. The monoisotopic (exact) mass is 381 g/mol. The molecule has 10 heteroatoms. The highest BCUT2D eigenvalue weighted by atomic mass is 35.7. The van der Waals surface area contributed by atoms with E-state index in [1.165, 1.54) is 16.2 Å². The van der Waals surface area contributed by atoms with Crippen LogP contribution in [-0.4, -0.2) is 30.5 Å². The highest BCUT2D eigenvalue weighted by Crippen LogP contribution is 2.20. The average molecular weight is 382 g/mol. The fourth-order valence-electron chi connectivity index (χ4n) is 1.81. The van der Waals surface area contributed by atoms with Gasteiger partial charge in [-0.2, -0.15) is 16.8 Å². The van der Waals surface area contributed by atoms with Crippen molar-refractivity contribution < 1.29 is 25.9 Å². The van der Waals surface area contributed by atoms with Gasteiger partial charge in [0, 0.05) is 22.6 Å². The number of aromatic nitrogens is 1. The van der Waals surface area contributed by atoms with E-state index in [1.807, 2.05) is 24.3 Å². The topological polar surface area (TPSA) is 114 Å². The van der Waals surface area contributed by atoms with Gasteiger partial charge in [0.15, 0.2) is 5.03 Å². The molecule has 0 saturated heterocycles. The molecule has 23 heavy (non-hydrogen) atoms. The van der Waals surface area contributed by atoms with Gasteiger partial charge >= 0.3 is 19.4 Å². The van der Waals surface area contributed by atoms with Crippen LogP contribution in [0.2, 0.25) is 0 Å². The number of hydrogen-bond donors (Lipinski definition) is 2. The van der Waals surface area contributed by atoms with Crippen molar-refractivity contribution in [1.82, 2.24) is 4.57 Å². The lowest BCUT2D eigenvalue weighted by molar-refractivity contribution is 0.477. The summed E-state index contributed by atoms with van der Waals surface area (Å²) < 4.78 is 58.1. The van der Waals surface area contributed by atoms with Crippen LogP contribution in [0, 0.1) is 0 Å². The van der Waals surface area contributed by atoms with Crippen molar-refractivity contribution in [2.75, 3.05) is 0 Å². The van der Waals surface area contributed by atoms with Crippen LogP contribution in [0.4, 0.5) is 0 Å². The van der Waals surface area contributed by atoms with Gasteiger partial charge in [-0.15, -0.1) is 0 Å². The maximum atomic E-state index is 11.2. The molecule has 0 unspecified atom stereocenters. The van der Waals surface area contributed by atoms with Crippen LogP contribution in [0.1, 0.15) is 25.3 Å². The lowest BCUT2D eigenvalue weighted by atomic mass is 10.0. The van der Waals surface area contributed by atoms with Crippen LogP contribution >= 0.6 is 10.7 Å². The minimum absolute atomic E-state index is 0.125. The summed E-state index contributed by atoms with van der Waals surface area (Å²) in [7, 11) is -4.34. The molecule has 0 atom stereocenters. The summed E-state index contributed by atoms with van der Waals surface area (Å²) in [6, 6.07) is 10.5. The van der Waals surface area contributed by atoms with Gasteiger partial charge in [-0.1, -0.05) is 26.0 Å². The number of halogens is 1. The van der Waals surface area contributed by atoms with Crippen LogP contribution in [0.25, 0.3) is 5.69 Å². The Labute approximate surface area is 139 Å². The van der Waals surface area contributed by atoms with Crippen LogP contribution in [0.5, 0.6) is 0 Å². The molecule has 1 aromatic carbocycles. The summed E-state index contributed by atoms with van der Waals surface area (Å²) in [4.78, 5) is 0. The van der Waals surface area contributed by atoms with Crippen molar-refractivity contribution in [3.8, 4) is 5.69 Å². The van der Waals surface area contributed by atoms with E-state index in [1.54, 1.807) is 12.3 Å². The molecule has 1 heterocycles. The SMILES string of the molecule is CC(C)c1ccc(-n2cccc2S(=O)(=O)O)cc1.O=S(=O)(O)Cl. The van der Waals surface area contributed by atoms with E-state index < -0.39 is 19.4 Å². The van der Waals surface area contributed by atoms with Gasteiger partial charge in [0.2, 0.25) is 0 Å². The predicted octanol–water partition coefficient (Wildman–Crippen LogP) is 2.88. The first-order valence-electron chi connectivity index (χ1n) is 6.32. The van der Waals surface area contributed by atoms with Crippen LogP contribution in [0.3, 0.4) is 0 Å². The van der Waals surface area contributed by atoms with Gasteiger partial charge in [-0.3, -0.25) is 9.11 Å². The molecule has 0 saturated carbocycles. The zero-order valence-corrected chi connectivity index (χ0v) is 14.7. The molecule has 0 amide bonds. The molecular weight excluding hydrogens is 366 g/mol. The number of benzene rings is 1. The Morgan fingerprint density at radius 2 is 1.48 bits per heavy atom. The Balaban J connectivity index is 0.000000463. The third-order valence-electron chi connectivity index (χ3n) is 2.81. The second kappa shape index (κ2) is 7.45. The van der Waals surface area contributed by atoms with Crippen molar-refractivity contribution in [1.29, 1.82) is 0 Å². The van der Waals surface area contributed by atoms with E-state index >= 15 is 0 Å². The smallest absolute Gasteiger partial charge is 0.306 e. The molecule has 7 nitrogen and oxygen atoms in total. The second-order valence-corrected chi connectivity index (χ2v) is 8.21. The lowest BCUT2D eigenvalue weighted by Crippen LogP contribution is -2.06. The number of hydrogen-bond acceptors (Lipinski definition) is 4. The fraction of sp³-hybridized carbons (Fsp3) is 0.231. The first-order valence-corrected chi connectivity index (χ1v) is 10.0. The van der Waals surface area contributed by atoms with Crippen LogP contribution < -0.4 is 0 Å². The van der Waals surface area contributed by atoms with E-state index in [0.29, 0.717) is 11.6 Å². The normalized spacial score (nSPS) is 11.9. The van der Waals surface area contributed by atoms with E-state index in [0.717, 1.165) is 0 Å². The summed E-state index contributed by atoms with van der Waals surface area (Å²) in [6.45, 7) is 4.18. The summed E-state index contributed by atoms with van der Waals surface area (Å²) in [5, 5.41) is -0.125. The van der Waals surface area contributed by atoms with Crippen molar-refractivity contribution in [3.63, 3.8) is 0 Å². The minimum atomic E-state index is -4.20. The molecule has 0 radical (unpaired) electrons. The third kappa shape index (κ3) is 6.71. The van der Waals surface area contributed by atoms with Gasteiger partial charge in [0.25, 0.3) is 0 Å². The van der Waals surface area contributed by atoms with Crippen molar-refractivity contribution in [3.05, 3.63) is 48.2 Å². The maximum absolute atomic E-state index is 11.2. The molecule has 0 spiro atoms. The summed E-state index contributed by atoms with van der Waals surface area (Å²) in [5.41, 5.74) is 1.89. The van der Waals surface area contributed by atoms with E-state index in [-0.39, 0.29) is 5.03 Å². The summed E-state index contributed by atoms with van der Waals surface area (Å²) >= 11 is 0. The molecule has 0 fully saturated rings. The lowest BCUT2D eigenvalue weighted by Gasteiger charge is -2.09. The van der Waals surface area contributed by atoms with Gasteiger partial charge in [0.1, 0.15) is 0 Å². The van der Waals surface area contributed by atoms with Gasteiger partial charge in [-0.25, -0.2) is 0 Å². The first kappa shape index (κ1) is 19.7. The molecule has 0 bridgehead atoms. The Morgan fingerprint density at radius 1 is 1.00 bits per heavy atom. The number of nitrogens with zero attached hydrogens (tertiary/aromatic N) is 1. The van der Waals surface area contributed by atoms with E-state index in [4.69, 9.17) is 17.5 Å². The molecular formula is C13H16ClNO6S2. The molecule has 0 aliphatic heterocycles. The largest absolute Gasteiger partial charge is 0.353 e. The highest BCUT2D eigenvalue weighted by Gasteiger charge is 2.15. The summed E-state index contributed by atoms with van der Waals surface area (Å²) in [6.07, 6.45) is 1.60. The van der Waals surface area contributed by atoms with Gasteiger partial charge < -0.3 is 4.57 Å². The van der Waals surface area contributed by atoms with Gasteiger partial charge in [0.05, 0.1) is 0 Å². The molecule has 2 aromatic rings.